The van der Waals surface area contributed by atoms with Gasteiger partial charge in [-0.3, -0.25) is 4.79 Å². The highest BCUT2D eigenvalue weighted by Gasteiger charge is 2.29. The molecule has 0 bridgehead atoms. The van der Waals surface area contributed by atoms with E-state index in [4.69, 9.17) is 4.74 Å². The number of aliphatic hydroxyl groups excluding tert-OH is 1. The molecule has 1 aromatic rings. The van der Waals surface area contributed by atoms with E-state index < -0.39 is 12.2 Å². The van der Waals surface area contributed by atoms with Gasteiger partial charge >= 0.3 is 0 Å². The molecule has 84 valence electrons. The fourth-order valence-corrected chi connectivity index (χ4v) is 1.65. The van der Waals surface area contributed by atoms with Crippen molar-refractivity contribution in [3.05, 3.63) is 48.4 Å². The lowest BCUT2D eigenvalue weighted by Gasteiger charge is -2.30. The second-order valence-corrected chi connectivity index (χ2v) is 3.61. The summed E-state index contributed by atoms with van der Waals surface area (Å²) in [5.41, 5.74) is 1.01. The molecule has 1 aromatic carbocycles. The molecule has 16 heavy (non-hydrogen) atoms. The fraction of sp³-hybridized carbons (Fsp3) is 0.250. The molecule has 1 aliphatic rings. The van der Waals surface area contributed by atoms with Crippen LogP contribution >= 0.6 is 0 Å². The van der Waals surface area contributed by atoms with Gasteiger partial charge in [0.15, 0.2) is 0 Å². The summed E-state index contributed by atoms with van der Waals surface area (Å²) in [7, 11) is 0. The second kappa shape index (κ2) is 4.37. The summed E-state index contributed by atoms with van der Waals surface area (Å²) in [6.45, 7) is 1.90. The van der Waals surface area contributed by atoms with Crippen LogP contribution in [-0.4, -0.2) is 22.2 Å². The Morgan fingerprint density at radius 3 is 2.75 bits per heavy atom. The lowest BCUT2D eigenvalue weighted by Crippen LogP contribution is -2.40. The Morgan fingerprint density at radius 1 is 1.38 bits per heavy atom. The fourth-order valence-electron chi connectivity index (χ4n) is 1.65. The number of nitrogens with zero attached hydrogens (tertiary/aromatic N) is 1. The lowest BCUT2D eigenvalue weighted by molar-refractivity contribution is -0.163. The third-order valence-corrected chi connectivity index (χ3v) is 2.59. The summed E-state index contributed by atoms with van der Waals surface area (Å²) in [4.78, 5) is 13.1. The van der Waals surface area contributed by atoms with Crippen molar-refractivity contribution in [2.24, 2.45) is 0 Å². The Balaban J connectivity index is 2.22. The van der Waals surface area contributed by atoms with Gasteiger partial charge in [-0.1, -0.05) is 30.3 Å². The van der Waals surface area contributed by atoms with Gasteiger partial charge < -0.3 is 14.7 Å². The van der Waals surface area contributed by atoms with Crippen molar-refractivity contribution in [3.8, 4) is 0 Å². The maximum Gasteiger partial charge on any atom is 0.296 e. The molecule has 2 rings (SSSR count). The van der Waals surface area contributed by atoms with Gasteiger partial charge in [-0.05, 0) is 12.5 Å². The van der Waals surface area contributed by atoms with Crippen LogP contribution in [0.25, 0.3) is 0 Å². The molecular formula is C12H13NO3. The topological polar surface area (TPSA) is 49.8 Å². The summed E-state index contributed by atoms with van der Waals surface area (Å²) >= 11 is 0. The van der Waals surface area contributed by atoms with Gasteiger partial charge in [0.1, 0.15) is 6.26 Å². The van der Waals surface area contributed by atoms with Gasteiger partial charge in [0.05, 0.1) is 6.04 Å². The van der Waals surface area contributed by atoms with Crippen molar-refractivity contribution in [2.75, 3.05) is 0 Å². The van der Waals surface area contributed by atoms with Gasteiger partial charge in [-0.25, -0.2) is 0 Å². The predicted octanol–water partition coefficient (Wildman–Crippen LogP) is 1.40. The Hall–Kier alpha value is -1.81. The van der Waals surface area contributed by atoms with E-state index in [2.05, 4.69) is 0 Å². The first-order valence-electron chi connectivity index (χ1n) is 5.07. The number of aliphatic hydroxyl groups is 1. The van der Waals surface area contributed by atoms with E-state index in [9.17, 15) is 9.90 Å². The quantitative estimate of drug-likeness (QED) is 0.817. The van der Waals surface area contributed by atoms with Gasteiger partial charge in [0.25, 0.3) is 12.2 Å². The maximum absolute atomic E-state index is 11.6. The zero-order valence-corrected chi connectivity index (χ0v) is 8.91. The molecule has 1 aliphatic heterocycles. The SMILES string of the molecule is C[C@H](c1ccccc1)N1C=CO[C@@H](O)C1=O. The molecule has 0 aliphatic carbocycles. The highest BCUT2D eigenvalue weighted by molar-refractivity contribution is 5.81. The number of hydrogen-bond donors (Lipinski definition) is 1. The molecule has 0 radical (unpaired) electrons. The number of ether oxygens (including phenoxy) is 1. The summed E-state index contributed by atoms with van der Waals surface area (Å²) in [5, 5.41) is 9.28. The van der Waals surface area contributed by atoms with E-state index in [-0.39, 0.29) is 6.04 Å². The van der Waals surface area contributed by atoms with Gasteiger partial charge in [0, 0.05) is 6.20 Å². The molecule has 1 N–H and O–H groups in total. The molecular weight excluding hydrogens is 206 g/mol. The highest BCUT2D eigenvalue weighted by Crippen LogP contribution is 2.23. The van der Waals surface area contributed by atoms with E-state index in [1.165, 1.54) is 17.4 Å². The van der Waals surface area contributed by atoms with Crippen LogP contribution in [0.3, 0.4) is 0 Å². The third kappa shape index (κ3) is 1.92. The zero-order chi connectivity index (χ0) is 11.5. The minimum atomic E-state index is -1.39. The Kier molecular flexibility index (Phi) is 2.92. The summed E-state index contributed by atoms with van der Waals surface area (Å²) in [6, 6.07) is 9.50. The van der Waals surface area contributed by atoms with E-state index in [0.717, 1.165) is 5.56 Å². The molecule has 0 saturated heterocycles. The van der Waals surface area contributed by atoms with Gasteiger partial charge in [-0.2, -0.15) is 0 Å². The largest absolute Gasteiger partial charge is 0.462 e. The minimum Gasteiger partial charge on any atom is -0.462 e. The molecule has 0 spiro atoms. The molecule has 1 heterocycles. The van der Waals surface area contributed by atoms with E-state index >= 15 is 0 Å². The van der Waals surface area contributed by atoms with Crippen LogP contribution in [0.2, 0.25) is 0 Å². The number of carbonyl (C=O) groups excluding carboxylic acids is 1. The zero-order valence-electron chi connectivity index (χ0n) is 8.91. The Morgan fingerprint density at radius 2 is 2.06 bits per heavy atom. The number of carbonyl (C=O) groups is 1. The Labute approximate surface area is 93.8 Å². The molecule has 1 amide bonds. The highest BCUT2D eigenvalue weighted by atomic mass is 16.6. The van der Waals surface area contributed by atoms with Crippen molar-refractivity contribution in [2.45, 2.75) is 19.3 Å². The molecule has 0 fully saturated rings. The third-order valence-electron chi connectivity index (χ3n) is 2.59. The summed E-state index contributed by atoms with van der Waals surface area (Å²) in [6.07, 6.45) is 1.47. The maximum atomic E-state index is 11.6. The van der Waals surface area contributed by atoms with Crippen molar-refractivity contribution in [1.82, 2.24) is 4.90 Å². The van der Waals surface area contributed by atoms with Gasteiger partial charge in [-0.15, -0.1) is 0 Å². The van der Waals surface area contributed by atoms with Crippen LogP contribution < -0.4 is 0 Å². The summed E-state index contributed by atoms with van der Waals surface area (Å²) < 4.78 is 4.69. The molecule has 0 aromatic heterocycles. The molecule has 4 heteroatoms. The smallest absolute Gasteiger partial charge is 0.296 e. The second-order valence-electron chi connectivity index (χ2n) is 3.61. The predicted molar refractivity (Wildman–Crippen MR) is 57.9 cm³/mol. The van der Waals surface area contributed by atoms with Crippen molar-refractivity contribution in [3.63, 3.8) is 0 Å². The van der Waals surface area contributed by atoms with Gasteiger partial charge in [0.2, 0.25) is 0 Å². The van der Waals surface area contributed by atoms with E-state index in [1.807, 2.05) is 37.3 Å². The van der Waals surface area contributed by atoms with Crippen LogP contribution in [0, 0.1) is 0 Å². The van der Waals surface area contributed by atoms with E-state index in [1.54, 1.807) is 0 Å². The van der Waals surface area contributed by atoms with Crippen LogP contribution in [0.1, 0.15) is 18.5 Å². The number of rotatable bonds is 2. The molecule has 4 nitrogen and oxygen atoms in total. The standard InChI is InChI=1S/C12H13NO3/c1-9(10-5-3-2-4-6-10)13-7-8-16-12(15)11(13)14/h2-9,12,15H,1H3/t9-,12-/m1/s1. The average molecular weight is 219 g/mol. The normalized spacial score (nSPS) is 21.8. The molecule has 0 unspecified atom stereocenters. The average Bonchev–Trinajstić information content (AvgIpc) is 2.33. The first kappa shape index (κ1) is 10.7. The number of hydrogen-bond acceptors (Lipinski definition) is 3. The van der Waals surface area contributed by atoms with Crippen molar-refractivity contribution in [1.29, 1.82) is 0 Å². The van der Waals surface area contributed by atoms with Crippen molar-refractivity contribution < 1.29 is 14.6 Å². The van der Waals surface area contributed by atoms with Crippen LogP contribution in [0.15, 0.2) is 42.8 Å². The first-order chi connectivity index (χ1) is 7.70. The Bertz CT molecular complexity index is 402. The van der Waals surface area contributed by atoms with Crippen LogP contribution in [0.4, 0.5) is 0 Å². The first-order valence-corrected chi connectivity index (χ1v) is 5.07. The van der Waals surface area contributed by atoms with Crippen LogP contribution in [0.5, 0.6) is 0 Å². The molecule has 0 saturated carbocycles. The van der Waals surface area contributed by atoms with E-state index in [0.29, 0.717) is 0 Å². The summed E-state index contributed by atoms with van der Waals surface area (Å²) in [5.74, 6) is -0.446. The number of amides is 1. The lowest BCUT2D eigenvalue weighted by atomic mass is 10.1. The van der Waals surface area contributed by atoms with Crippen LogP contribution in [-0.2, 0) is 9.53 Å². The minimum absolute atomic E-state index is 0.122. The number of benzene rings is 1. The van der Waals surface area contributed by atoms with Crippen molar-refractivity contribution >= 4 is 5.91 Å². The molecule has 2 atom stereocenters. The monoisotopic (exact) mass is 219 g/mol.